The second-order valence-electron chi connectivity index (χ2n) is 1.33. The molecule has 1 unspecified atom stereocenters. The van der Waals surface area contributed by atoms with Gasteiger partial charge in [-0.2, -0.15) is 0 Å². The SMILES string of the molecule is COC(=O)OCCOS(=O)[O-]. The summed E-state index contributed by atoms with van der Waals surface area (Å²) in [6.45, 7) is -0.355. The summed E-state index contributed by atoms with van der Waals surface area (Å²) < 4.78 is 31.8. The van der Waals surface area contributed by atoms with Gasteiger partial charge in [0.1, 0.15) is 6.61 Å². The summed E-state index contributed by atoms with van der Waals surface area (Å²) in [5.41, 5.74) is 0. The predicted octanol–water partition coefficient (Wildman–Crippen LogP) is -0.420. The maximum absolute atomic E-state index is 10.2. The third kappa shape index (κ3) is 7.23. The van der Waals surface area contributed by atoms with E-state index in [2.05, 4.69) is 13.7 Å². The second kappa shape index (κ2) is 6.08. The Kier molecular flexibility index (Phi) is 5.71. The number of carbonyl (C=O) groups is 1. The lowest BCUT2D eigenvalue weighted by Crippen LogP contribution is -2.10. The van der Waals surface area contributed by atoms with Crippen molar-refractivity contribution in [2.45, 2.75) is 0 Å². The molecular formula is C4H7O6S-. The van der Waals surface area contributed by atoms with E-state index in [1.165, 1.54) is 0 Å². The fourth-order valence-corrected chi connectivity index (χ4v) is 0.490. The molecule has 0 aromatic rings. The van der Waals surface area contributed by atoms with E-state index in [1.54, 1.807) is 0 Å². The van der Waals surface area contributed by atoms with Gasteiger partial charge >= 0.3 is 6.16 Å². The zero-order chi connectivity index (χ0) is 8.69. The number of hydrogen-bond donors (Lipinski definition) is 0. The van der Waals surface area contributed by atoms with Crippen LogP contribution in [0.15, 0.2) is 0 Å². The van der Waals surface area contributed by atoms with Crippen molar-refractivity contribution in [3.8, 4) is 0 Å². The van der Waals surface area contributed by atoms with Gasteiger partial charge in [-0.1, -0.05) is 0 Å². The smallest absolute Gasteiger partial charge is 0.508 e. The lowest BCUT2D eigenvalue weighted by atomic mass is 10.8. The van der Waals surface area contributed by atoms with Crippen LogP contribution < -0.4 is 0 Å². The van der Waals surface area contributed by atoms with Crippen molar-refractivity contribution in [1.29, 1.82) is 0 Å². The minimum absolute atomic E-state index is 0.152. The van der Waals surface area contributed by atoms with Gasteiger partial charge in [0.05, 0.1) is 25.1 Å². The molecule has 0 aromatic heterocycles. The minimum Gasteiger partial charge on any atom is -0.750 e. The summed E-state index contributed by atoms with van der Waals surface area (Å²) in [5.74, 6) is 0. The molecule has 66 valence electrons. The molecule has 0 aromatic carbocycles. The van der Waals surface area contributed by atoms with Gasteiger partial charge in [-0.25, -0.2) is 9.00 Å². The zero-order valence-corrected chi connectivity index (χ0v) is 6.59. The highest BCUT2D eigenvalue weighted by molar-refractivity contribution is 7.74. The number of hydrogen-bond acceptors (Lipinski definition) is 6. The van der Waals surface area contributed by atoms with Crippen LogP contribution in [0.3, 0.4) is 0 Å². The monoisotopic (exact) mass is 183 g/mol. The fourth-order valence-electron chi connectivity index (χ4n) is 0.286. The first-order valence-electron chi connectivity index (χ1n) is 2.60. The molecule has 0 bridgehead atoms. The molecule has 0 saturated heterocycles. The van der Waals surface area contributed by atoms with Gasteiger partial charge in [0.2, 0.25) is 0 Å². The van der Waals surface area contributed by atoms with Crippen LogP contribution in [0.4, 0.5) is 4.79 Å². The topological polar surface area (TPSA) is 84.9 Å². The van der Waals surface area contributed by atoms with Crippen LogP contribution in [0.25, 0.3) is 0 Å². The van der Waals surface area contributed by atoms with Crippen LogP contribution in [0.1, 0.15) is 0 Å². The highest BCUT2D eigenvalue weighted by Gasteiger charge is 1.98. The van der Waals surface area contributed by atoms with Gasteiger partial charge in [0, 0.05) is 0 Å². The van der Waals surface area contributed by atoms with Crippen molar-refractivity contribution >= 4 is 17.5 Å². The maximum atomic E-state index is 10.2. The summed E-state index contributed by atoms with van der Waals surface area (Å²) in [4.78, 5) is 10.2. The summed E-state index contributed by atoms with van der Waals surface area (Å²) in [6.07, 6.45) is -0.870. The van der Waals surface area contributed by atoms with Gasteiger partial charge in [0.15, 0.2) is 0 Å². The molecule has 7 heteroatoms. The summed E-state index contributed by atoms with van der Waals surface area (Å²) >= 11 is -2.56. The predicted molar refractivity (Wildman–Crippen MR) is 33.2 cm³/mol. The summed E-state index contributed by atoms with van der Waals surface area (Å²) in [5, 5.41) is 0. The van der Waals surface area contributed by atoms with E-state index >= 15 is 0 Å². The second-order valence-corrected chi connectivity index (χ2v) is 1.97. The fraction of sp³-hybridized carbons (Fsp3) is 0.750. The highest BCUT2D eigenvalue weighted by Crippen LogP contribution is 1.84. The first-order valence-corrected chi connectivity index (χ1v) is 3.60. The molecule has 0 amide bonds. The van der Waals surface area contributed by atoms with Crippen LogP contribution >= 0.6 is 0 Å². The molecule has 0 aliphatic heterocycles. The number of methoxy groups -OCH3 is 1. The Morgan fingerprint density at radius 2 is 2.18 bits per heavy atom. The number of rotatable bonds is 4. The quantitative estimate of drug-likeness (QED) is 0.334. The molecule has 0 N–H and O–H groups in total. The van der Waals surface area contributed by atoms with Crippen LogP contribution in [-0.2, 0) is 25.0 Å². The van der Waals surface area contributed by atoms with E-state index in [4.69, 9.17) is 0 Å². The average molecular weight is 183 g/mol. The van der Waals surface area contributed by atoms with E-state index in [-0.39, 0.29) is 13.2 Å². The molecule has 0 rings (SSSR count). The van der Waals surface area contributed by atoms with Gasteiger partial charge in [-0.05, 0) is 0 Å². The minimum atomic E-state index is -2.56. The lowest BCUT2D eigenvalue weighted by Gasteiger charge is -2.05. The van der Waals surface area contributed by atoms with Crippen LogP contribution in [0, 0.1) is 0 Å². The Morgan fingerprint density at radius 1 is 1.55 bits per heavy atom. The van der Waals surface area contributed by atoms with Gasteiger partial charge < -0.3 is 14.0 Å². The number of carbonyl (C=O) groups excluding carboxylic acids is 1. The summed E-state index contributed by atoms with van der Waals surface area (Å²) in [6, 6.07) is 0. The normalized spacial score (nSPS) is 12.2. The maximum Gasteiger partial charge on any atom is 0.508 e. The molecule has 0 radical (unpaired) electrons. The molecular weight excluding hydrogens is 176 g/mol. The first-order chi connectivity index (χ1) is 5.16. The van der Waals surface area contributed by atoms with E-state index in [1.807, 2.05) is 0 Å². The molecule has 0 heterocycles. The van der Waals surface area contributed by atoms with E-state index < -0.39 is 17.5 Å². The van der Waals surface area contributed by atoms with Crippen LogP contribution in [-0.4, -0.2) is 35.2 Å². The standard InChI is InChI=1S/C4H8O6S/c1-8-4(5)9-2-3-10-11(6)7/h2-3H2,1H3,(H,6,7)/p-1. The van der Waals surface area contributed by atoms with E-state index in [9.17, 15) is 13.6 Å². The van der Waals surface area contributed by atoms with Crippen molar-refractivity contribution in [1.82, 2.24) is 0 Å². The molecule has 0 aliphatic carbocycles. The average Bonchev–Trinajstić information content (AvgIpc) is 1.97. The van der Waals surface area contributed by atoms with Crippen molar-refractivity contribution in [2.75, 3.05) is 20.3 Å². The number of ether oxygens (including phenoxy) is 2. The van der Waals surface area contributed by atoms with E-state index in [0.29, 0.717) is 0 Å². The lowest BCUT2D eigenvalue weighted by molar-refractivity contribution is 0.0619. The Labute approximate surface area is 65.9 Å². The largest absolute Gasteiger partial charge is 0.750 e. The first kappa shape index (κ1) is 10.3. The van der Waals surface area contributed by atoms with Crippen molar-refractivity contribution < 1.29 is 27.2 Å². The van der Waals surface area contributed by atoms with Crippen molar-refractivity contribution in [3.63, 3.8) is 0 Å². The Bertz CT molecular complexity index is 146. The van der Waals surface area contributed by atoms with Crippen LogP contribution in [0.2, 0.25) is 0 Å². The van der Waals surface area contributed by atoms with Crippen LogP contribution in [0.5, 0.6) is 0 Å². The van der Waals surface area contributed by atoms with Gasteiger partial charge in [-0.15, -0.1) is 0 Å². The molecule has 1 atom stereocenters. The molecule has 11 heavy (non-hydrogen) atoms. The molecule has 0 saturated carbocycles. The molecule has 0 fully saturated rings. The summed E-state index contributed by atoms with van der Waals surface area (Å²) in [7, 11) is 1.15. The van der Waals surface area contributed by atoms with Crippen molar-refractivity contribution in [2.24, 2.45) is 0 Å². The van der Waals surface area contributed by atoms with E-state index in [0.717, 1.165) is 7.11 Å². The third-order valence-electron chi connectivity index (χ3n) is 0.649. The van der Waals surface area contributed by atoms with Gasteiger partial charge in [0.25, 0.3) is 0 Å². The van der Waals surface area contributed by atoms with Crippen molar-refractivity contribution in [3.05, 3.63) is 0 Å². The molecule has 6 nitrogen and oxygen atoms in total. The molecule has 0 aliphatic rings. The Morgan fingerprint density at radius 3 is 2.64 bits per heavy atom. The Hall–Kier alpha value is -0.660. The third-order valence-corrected chi connectivity index (χ3v) is 1.01. The zero-order valence-electron chi connectivity index (χ0n) is 5.77. The Balaban J connectivity index is 3.14. The van der Waals surface area contributed by atoms with Gasteiger partial charge in [-0.3, -0.25) is 4.18 Å². The molecule has 0 spiro atoms. The highest BCUT2D eigenvalue weighted by atomic mass is 32.2.